The van der Waals surface area contributed by atoms with Gasteiger partial charge in [0.2, 0.25) is 5.95 Å². The van der Waals surface area contributed by atoms with Crippen molar-refractivity contribution in [1.29, 1.82) is 0 Å². The van der Waals surface area contributed by atoms with Crippen molar-refractivity contribution >= 4 is 17.9 Å². The van der Waals surface area contributed by atoms with Gasteiger partial charge in [-0.1, -0.05) is 11.5 Å². The van der Waals surface area contributed by atoms with E-state index in [4.69, 9.17) is 4.74 Å². The van der Waals surface area contributed by atoms with Crippen LogP contribution in [0, 0.1) is 11.8 Å². The molecule has 0 radical (unpaired) electrons. The van der Waals surface area contributed by atoms with Crippen molar-refractivity contribution in [3.8, 4) is 0 Å². The number of alkyl halides is 3. The summed E-state index contributed by atoms with van der Waals surface area (Å²) in [6.07, 6.45) is 6.02. The number of piperidine rings is 2. The van der Waals surface area contributed by atoms with Gasteiger partial charge in [-0.15, -0.1) is 0 Å². The fraction of sp³-hybridized carbons (Fsp3) is 0.826. The minimum Gasteiger partial charge on any atom is -0.381 e. The quantitative estimate of drug-likeness (QED) is 0.243. The van der Waals surface area contributed by atoms with Crippen molar-refractivity contribution < 1.29 is 23.1 Å². The molecule has 2 fully saturated rings. The molecule has 0 aliphatic carbocycles. The van der Waals surface area contributed by atoms with Gasteiger partial charge in [-0.05, 0) is 74.3 Å². The largest absolute Gasteiger partial charge is 0.389 e. The number of hydrogen-bond donors (Lipinski definition) is 1. The summed E-state index contributed by atoms with van der Waals surface area (Å²) in [5.74, 6) is 1.83. The molecule has 34 heavy (non-hydrogen) atoms. The highest BCUT2D eigenvalue weighted by Gasteiger charge is 2.28. The van der Waals surface area contributed by atoms with Crippen molar-refractivity contribution in [1.82, 2.24) is 19.6 Å². The zero-order valence-electron chi connectivity index (χ0n) is 20.0. The zero-order valence-corrected chi connectivity index (χ0v) is 20.9. The summed E-state index contributed by atoms with van der Waals surface area (Å²) in [4.78, 5) is 11.3. The molecule has 0 bridgehead atoms. The van der Waals surface area contributed by atoms with Crippen molar-refractivity contribution in [2.45, 2.75) is 64.5 Å². The summed E-state index contributed by atoms with van der Waals surface area (Å²) >= 11 is 0.803. The number of aryl methyl sites for hydroxylation is 1. The van der Waals surface area contributed by atoms with Crippen LogP contribution in [0.15, 0.2) is 12.4 Å². The van der Waals surface area contributed by atoms with E-state index in [0.717, 1.165) is 86.6 Å². The minimum atomic E-state index is -4.19. The Morgan fingerprint density at radius 1 is 1.09 bits per heavy atom. The normalized spacial score (nSPS) is 19.3. The molecule has 0 aromatic carbocycles. The van der Waals surface area contributed by atoms with Crippen molar-refractivity contribution in [2.24, 2.45) is 11.8 Å². The summed E-state index contributed by atoms with van der Waals surface area (Å²) in [5.41, 5.74) is 1.17. The maximum Gasteiger partial charge on any atom is 0.389 e. The smallest absolute Gasteiger partial charge is 0.381 e. The van der Waals surface area contributed by atoms with E-state index < -0.39 is 12.6 Å². The highest BCUT2D eigenvalue weighted by molar-refractivity contribution is 7.96. The molecule has 0 unspecified atom stereocenters. The third-order valence-corrected chi connectivity index (χ3v) is 7.53. The van der Waals surface area contributed by atoms with Crippen LogP contribution in [0.5, 0.6) is 0 Å². The highest BCUT2D eigenvalue weighted by Crippen LogP contribution is 2.27. The lowest BCUT2D eigenvalue weighted by molar-refractivity contribution is -0.171. The van der Waals surface area contributed by atoms with Crippen LogP contribution in [0.2, 0.25) is 0 Å². The maximum atomic E-state index is 12.2. The Labute approximate surface area is 205 Å². The lowest BCUT2D eigenvalue weighted by Gasteiger charge is -2.35. The van der Waals surface area contributed by atoms with Gasteiger partial charge in [-0.3, -0.25) is 5.21 Å². The Morgan fingerprint density at radius 3 is 2.35 bits per heavy atom. The third-order valence-electron chi connectivity index (χ3n) is 6.68. The molecular formula is C23H38F3N5O2S. The van der Waals surface area contributed by atoms with Crippen molar-refractivity contribution in [3.05, 3.63) is 18.0 Å². The molecule has 0 saturated carbocycles. The summed E-state index contributed by atoms with van der Waals surface area (Å²) in [6, 6.07) is 0. The zero-order chi connectivity index (χ0) is 24.4. The average molecular weight is 506 g/mol. The number of hydrogen-bond acceptors (Lipinski definition) is 8. The molecule has 1 aromatic rings. The second-order valence-electron chi connectivity index (χ2n) is 9.24. The van der Waals surface area contributed by atoms with E-state index in [1.165, 1.54) is 12.0 Å². The first kappa shape index (κ1) is 27.4. The van der Waals surface area contributed by atoms with E-state index in [9.17, 15) is 18.4 Å². The topological polar surface area (TPSA) is 65.0 Å². The van der Waals surface area contributed by atoms with Gasteiger partial charge in [0.05, 0.1) is 6.42 Å². The van der Waals surface area contributed by atoms with Crippen molar-refractivity contribution in [3.63, 3.8) is 0 Å². The molecule has 194 valence electrons. The number of ether oxygens (including phenoxy) is 1. The van der Waals surface area contributed by atoms with Gasteiger partial charge < -0.3 is 9.64 Å². The summed E-state index contributed by atoms with van der Waals surface area (Å²) in [7, 11) is 0. The second kappa shape index (κ2) is 13.8. The summed E-state index contributed by atoms with van der Waals surface area (Å²) < 4.78 is 43.5. The number of aromatic nitrogens is 2. The Bertz CT molecular complexity index is 697. The van der Waals surface area contributed by atoms with Gasteiger partial charge in [-0.2, -0.15) is 13.2 Å². The van der Waals surface area contributed by atoms with Crippen LogP contribution in [-0.2, 0) is 11.2 Å². The molecule has 3 rings (SSSR count). The van der Waals surface area contributed by atoms with Crippen LogP contribution in [0.3, 0.4) is 0 Å². The lowest BCUT2D eigenvalue weighted by atomic mass is 9.92. The summed E-state index contributed by atoms with van der Waals surface area (Å²) in [5, 5.41) is 11.6. The number of hydrazine groups is 1. The molecule has 11 heteroatoms. The molecule has 2 aliphatic rings. The minimum absolute atomic E-state index is 0.179. The van der Waals surface area contributed by atoms with Gasteiger partial charge in [0.15, 0.2) is 0 Å². The molecule has 2 saturated heterocycles. The number of rotatable bonds is 12. The van der Waals surface area contributed by atoms with E-state index in [2.05, 4.69) is 21.8 Å². The molecule has 0 spiro atoms. The molecule has 0 atom stereocenters. The van der Waals surface area contributed by atoms with E-state index in [1.54, 1.807) is 5.01 Å². The van der Waals surface area contributed by atoms with Gasteiger partial charge in [0, 0.05) is 57.5 Å². The number of nitrogens with zero attached hydrogens (tertiary/aromatic N) is 5. The van der Waals surface area contributed by atoms with Gasteiger partial charge in [-0.25, -0.2) is 15.0 Å². The van der Waals surface area contributed by atoms with Crippen LogP contribution in [0.25, 0.3) is 0 Å². The molecule has 2 aliphatic heterocycles. The molecule has 3 heterocycles. The predicted molar refractivity (Wildman–Crippen MR) is 127 cm³/mol. The van der Waals surface area contributed by atoms with Gasteiger partial charge >= 0.3 is 6.18 Å². The van der Waals surface area contributed by atoms with Crippen LogP contribution >= 0.6 is 11.9 Å². The number of anilines is 1. The molecule has 7 nitrogen and oxygen atoms in total. The molecule has 1 N–H and O–H groups in total. The fourth-order valence-corrected chi connectivity index (χ4v) is 5.23. The lowest BCUT2D eigenvalue weighted by Crippen LogP contribution is -2.42. The predicted octanol–water partition coefficient (Wildman–Crippen LogP) is 4.97. The Hall–Kier alpha value is -1.14. The summed E-state index contributed by atoms with van der Waals surface area (Å²) in [6.45, 7) is 6.86. The first-order valence-electron chi connectivity index (χ1n) is 12.4. The fourth-order valence-electron chi connectivity index (χ4n) is 4.42. The maximum absolute atomic E-state index is 12.2. The first-order chi connectivity index (χ1) is 16.3. The van der Waals surface area contributed by atoms with Crippen LogP contribution in [-0.4, -0.2) is 76.1 Å². The van der Waals surface area contributed by atoms with Crippen molar-refractivity contribution in [2.75, 3.05) is 50.0 Å². The Morgan fingerprint density at radius 2 is 1.74 bits per heavy atom. The standard InChI is InChI=1S/C23H38F3N5O2S/c1-2-19-16-27-22(28-17-19)29-10-5-20(6-11-29)4-3-14-33-18-21-7-12-30(13-8-21)31(32)34-15-9-23(24,25)26/h16-17,20-21,32H,2-15,18H2,1H3. The van der Waals surface area contributed by atoms with Gasteiger partial charge in [0.1, 0.15) is 0 Å². The Kier molecular flexibility index (Phi) is 11.2. The first-order valence-corrected chi connectivity index (χ1v) is 13.4. The van der Waals surface area contributed by atoms with E-state index in [-0.39, 0.29) is 5.75 Å². The highest BCUT2D eigenvalue weighted by atomic mass is 32.2. The average Bonchev–Trinajstić information content (AvgIpc) is 2.84. The Balaban J connectivity index is 1.20. The van der Waals surface area contributed by atoms with Gasteiger partial charge in [0.25, 0.3) is 0 Å². The van der Waals surface area contributed by atoms with E-state index in [1.807, 2.05) is 12.4 Å². The third kappa shape index (κ3) is 9.49. The van der Waals surface area contributed by atoms with Crippen LogP contribution in [0.4, 0.5) is 19.1 Å². The molecular weight excluding hydrogens is 467 g/mol. The van der Waals surface area contributed by atoms with E-state index in [0.29, 0.717) is 25.6 Å². The molecule has 1 aromatic heterocycles. The SMILES string of the molecule is CCc1cnc(N2CCC(CCCOCC3CCN(N(O)SCCC(F)(F)F)CC3)CC2)nc1. The van der Waals surface area contributed by atoms with E-state index >= 15 is 0 Å². The monoisotopic (exact) mass is 505 g/mol. The second-order valence-corrected chi connectivity index (χ2v) is 10.2. The van der Waals surface area contributed by atoms with Crippen LogP contribution in [0.1, 0.15) is 57.4 Å². The molecule has 0 amide bonds. The number of halogens is 3. The van der Waals surface area contributed by atoms with Crippen LogP contribution < -0.4 is 4.90 Å².